The molecule has 0 heterocycles. The molecule has 1 N–H and O–H groups in total. The summed E-state index contributed by atoms with van der Waals surface area (Å²) in [6, 6.07) is 0. The van der Waals surface area contributed by atoms with Gasteiger partial charge in [-0.15, -0.1) is 0 Å². The molecule has 0 aromatic carbocycles. The molecule has 0 unspecified atom stereocenters. The topological polar surface area (TPSA) is 12.0 Å². The maximum atomic E-state index is 3.42. The third kappa shape index (κ3) is 30.0. The van der Waals surface area contributed by atoms with Gasteiger partial charge in [0.2, 0.25) is 0 Å². The number of hydrogen-bond acceptors (Lipinski definition) is 1. The van der Waals surface area contributed by atoms with Crippen molar-refractivity contribution in [3.05, 3.63) is 0 Å². The predicted octanol–water partition coefficient (Wildman–Crippen LogP) is 10.8. The van der Waals surface area contributed by atoms with Crippen molar-refractivity contribution in [1.29, 1.82) is 0 Å². The van der Waals surface area contributed by atoms with Crippen molar-refractivity contribution in [1.82, 2.24) is 5.32 Å². The maximum Gasteiger partial charge on any atom is -0.00490 e. The van der Waals surface area contributed by atoms with E-state index in [1.807, 2.05) is 0 Å². The van der Waals surface area contributed by atoms with Crippen LogP contribution >= 0.6 is 0 Å². The van der Waals surface area contributed by atoms with E-state index >= 15 is 0 Å². The van der Waals surface area contributed by atoms with Crippen molar-refractivity contribution in [3.63, 3.8) is 0 Å². The largest absolute Gasteiger partial charge is 0.317 e. The van der Waals surface area contributed by atoms with Crippen LogP contribution in [0.1, 0.15) is 181 Å². The van der Waals surface area contributed by atoms with Gasteiger partial charge in [0.25, 0.3) is 0 Å². The summed E-state index contributed by atoms with van der Waals surface area (Å²) >= 11 is 0. The molecule has 0 fully saturated rings. The highest BCUT2D eigenvalue weighted by atomic mass is 14.8. The lowest BCUT2D eigenvalue weighted by Crippen LogP contribution is -2.13. The van der Waals surface area contributed by atoms with Crippen LogP contribution in [0.3, 0.4) is 0 Å². The average molecular weight is 438 g/mol. The molecule has 1 heteroatoms. The summed E-state index contributed by atoms with van der Waals surface area (Å²) in [7, 11) is 0. The van der Waals surface area contributed by atoms with Crippen LogP contribution in [0.5, 0.6) is 0 Å². The third-order valence-electron chi connectivity index (χ3n) is 6.96. The lowest BCUT2D eigenvalue weighted by atomic mass is 10.0. The Morgan fingerprint density at radius 1 is 0.290 bits per heavy atom. The fraction of sp³-hybridized carbons (Fsp3) is 1.00. The van der Waals surface area contributed by atoms with E-state index in [2.05, 4.69) is 19.2 Å². The number of hydrogen-bond donors (Lipinski definition) is 1. The number of rotatable bonds is 28. The molecule has 0 rings (SSSR count). The highest BCUT2D eigenvalue weighted by Crippen LogP contribution is 2.15. The molecule has 0 saturated heterocycles. The fourth-order valence-electron chi connectivity index (χ4n) is 4.74. The van der Waals surface area contributed by atoms with Gasteiger partial charge < -0.3 is 5.32 Å². The summed E-state index contributed by atoms with van der Waals surface area (Å²) in [4.78, 5) is 0. The molecule has 0 radical (unpaired) electrons. The summed E-state index contributed by atoms with van der Waals surface area (Å²) in [5, 5.41) is 3.42. The van der Waals surface area contributed by atoms with Crippen molar-refractivity contribution in [2.75, 3.05) is 13.1 Å². The molecular formula is C30H63N. The van der Waals surface area contributed by atoms with Gasteiger partial charge in [0.1, 0.15) is 0 Å². The van der Waals surface area contributed by atoms with Crippen LogP contribution in [0.25, 0.3) is 0 Å². The fourth-order valence-corrected chi connectivity index (χ4v) is 4.74. The third-order valence-corrected chi connectivity index (χ3v) is 6.96. The first-order valence-electron chi connectivity index (χ1n) is 15.1. The SMILES string of the molecule is CCCCCCCCCCCCCCCCCCCCCCCCCCCCNCC. The summed E-state index contributed by atoms with van der Waals surface area (Å²) < 4.78 is 0. The molecular weight excluding hydrogens is 374 g/mol. The zero-order valence-electron chi connectivity index (χ0n) is 22.3. The zero-order chi connectivity index (χ0) is 22.5. The molecule has 31 heavy (non-hydrogen) atoms. The van der Waals surface area contributed by atoms with E-state index in [1.165, 1.54) is 173 Å². The van der Waals surface area contributed by atoms with Gasteiger partial charge in [-0.1, -0.05) is 174 Å². The Morgan fingerprint density at radius 3 is 0.742 bits per heavy atom. The molecule has 1 nitrogen and oxygen atoms in total. The molecule has 0 bridgehead atoms. The van der Waals surface area contributed by atoms with Crippen LogP contribution < -0.4 is 5.32 Å². The van der Waals surface area contributed by atoms with E-state index in [1.54, 1.807) is 0 Å². The second kappa shape index (κ2) is 30.0. The normalized spacial score (nSPS) is 11.4. The van der Waals surface area contributed by atoms with Crippen LogP contribution in [0.4, 0.5) is 0 Å². The van der Waals surface area contributed by atoms with Crippen LogP contribution in [-0.4, -0.2) is 13.1 Å². The Balaban J connectivity index is 2.98. The summed E-state index contributed by atoms with van der Waals surface area (Å²) in [5.74, 6) is 0. The van der Waals surface area contributed by atoms with E-state index in [0.29, 0.717) is 0 Å². The van der Waals surface area contributed by atoms with Crippen LogP contribution in [-0.2, 0) is 0 Å². The quantitative estimate of drug-likeness (QED) is 0.120. The van der Waals surface area contributed by atoms with E-state index in [9.17, 15) is 0 Å². The lowest BCUT2D eigenvalue weighted by molar-refractivity contribution is 0.514. The van der Waals surface area contributed by atoms with Crippen molar-refractivity contribution in [2.45, 2.75) is 181 Å². The van der Waals surface area contributed by atoms with Gasteiger partial charge in [-0.3, -0.25) is 0 Å². The van der Waals surface area contributed by atoms with Crippen molar-refractivity contribution in [2.24, 2.45) is 0 Å². The van der Waals surface area contributed by atoms with Crippen molar-refractivity contribution < 1.29 is 0 Å². The average Bonchev–Trinajstić information content (AvgIpc) is 2.78. The minimum atomic E-state index is 1.12. The Hall–Kier alpha value is -0.0400. The molecule has 0 spiro atoms. The summed E-state index contributed by atoms with van der Waals surface area (Å²) in [6.07, 6.45) is 38.2. The van der Waals surface area contributed by atoms with Gasteiger partial charge in [0, 0.05) is 0 Å². The second-order valence-electron chi connectivity index (χ2n) is 10.2. The second-order valence-corrected chi connectivity index (χ2v) is 10.2. The van der Waals surface area contributed by atoms with Gasteiger partial charge in [-0.2, -0.15) is 0 Å². The molecule has 0 amide bonds. The summed E-state index contributed by atoms with van der Waals surface area (Å²) in [6.45, 7) is 6.84. The van der Waals surface area contributed by atoms with Crippen molar-refractivity contribution >= 4 is 0 Å². The Morgan fingerprint density at radius 2 is 0.516 bits per heavy atom. The van der Waals surface area contributed by atoms with E-state index in [-0.39, 0.29) is 0 Å². The molecule has 0 aliphatic carbocycles. The highest BCUT2D eigenvalue weighted by molar-refractivity contribution is 4.52. The van der Waals surface area contributed by atoms with Gasteiger partial charge in [0.05, 0.1) is 0 Å². The first-order valence-corrected chi connectivity index (χ1v) is 15.1. The predicted molar refractivity (Wildman–Crippen MR) is 144 cm³/mol. The monoisotopic (exact) mass is 437 g/mol. The van der Waals surface area contributed by atoms with E-state index < -0.39 is 0 Å². The van der Waals surface area contributed by atoms with Crippen LogP contribution in [0, 0.1) is 0 Å². The molecule has 188 valence electrons. The lowest BCUT2D eigenvalue weighted by Gasteiger charge is -2.04. The Bertz CT molecular complexity index is 260. The molecule has 0 aromatic rings. The van der Waals surface area contributed by atoms with E-state index in [0.717, 1.165) is 6.54 Å². The van der Waals surface area contributed by atoms with Gasteiger partial charge in [-0.25, -0.2) is 0 Å². The van der Waals surface area contributed by atoms with Gasteiger partial charge >= 0.3 is 0 Å². The number of nitrogens with one attached hydrogen (secondary N) is 1. The van der Waals surface area contributed by atoms with Crippen LogP contribution in [0.2, 0.25) is 0 Å². The first-order chi connectivity index (χ1) is 15.4. The smallest absolute Gasteiger partial charge is 0.00490 e. The Kier molecular flexibility index (Phi) is 29.9. The Labute approximate surface area is 199 Å². The summed E-state index contributed by atoms with van der Waals surface area (Å²) in [5.41, 5.74) is 0. The van der Waals surface area contributed by atoms with E-state index in [4.69, 9.17) is 0 Å². The van der Waals surface area contributed by atoms with Gasteiger partial charge in [-0.05, 0) is 19.5 Å². The van der Waals surface area contributed by atoms with Crippen molar-refractivity contribution in [3.8, 4) is 0 Å². The standard InChI is InChI=1S/C30H63N/c1-3-5-6-7-8-9-10-11-12-13-14-15-16-17-18-19-20-21-22-23-24-25-26-27-28-29-30-31-4-2/h31H,3-30H2,1-2H3. The first kappa shape index (κ1) is 31.0. The molecule has 0 saturated carbocycles. The minimum absolute atomic E-state index is 1.12. The van der Waals surface area contributed by atoms with Crippen LogP contribution in [0.15, 0.2) is 0 Å². The highest BCUT2D eigenvalue weighted by Gasteiger charge is 1.96. The maximum absolute atomic E-state index is 3.42. The number of unbranched alkanes of at least 4 members (excludes halogenated alkanes) is 25. The molecule has 0 aliphatic heterocycles. The van der Waals surface area contributed by atoms with Gasteiger partial charge in [0.15, 0.2) is 0 Å². The zero-order valence-corrected chi connectivity index (χ0v) is 22.3. The minimum Gasteiger partial charge on any atom is -0.317 e. The molecule has 0 aromatic heterocycles. The molecule has 0 aliphatic rings. The molecule has 0 atom stereocenters.